The summed E-state index contributed by atoms with van der Waals surface area (Å²) in [7, 11) is 1.73. The first-order chi connectivity index (χ1) is 5.93. The van der Waals surface area contributed by atoms with Gasteiger partial charge in [0.1, 0.15) is 0 Å². The number of ether oxygens (including phenoxy) is 1. The van der Waals surface area contributed by atoms with Crippen molar-refractivity contribution in [2.45, 2.75) is 45.8 Å². The highest BCUT2D eigenvalue weighted by molar-refractivity contribution is 4.85. The number of methoxy groups -OCH3 is 1. The van der Waals surface area contributed by atoms with Crippen LogP contribution in [0.3, 0.4) is 0 Å². The van der Waals surface area contributed by atoms with Gasteiger partial charge in [0.15, 0.2) is 0 Å². The zero-order chi connectivity index (χ0) is 10.5. The third-order valence-corrected chi connectivity index (χ3v) is 2.20. The van der Waals surface area contributed by atoms with Gasteiger partial charge in [0.05, 0.1) is 6.10 Å². The molecule has 0 aliphatic heterocycles. The van der Waals surface area contributed by atoms with E-state index in [2.05, 4.69) is 27.4 Å². The first-order valence-electron chi connectivity index (χ1n) is 4.82. The van der Waals surface area contributed by atoms with Crippen LogP contribution in [-0.2, 0) is 4.74 Å². The highest BCUT2D eigenvalue weighted by Crippen LogP contribution is 2.25. The molecule has 0 aromatic rings. The summed E-state index contributed by atoms with van der Waals surface area (Å²) in [5.74, 6) is 0. The molecule has 0 amide bonds. The first kappa shape index (κ1) is 12.7. The Kier molecular flexibility index (Phi) is 5.26. The Morgan fingerprint density at radius 1 is 1.46 bits per heavy atom. The van der Waals surface area contributed by atoms with Gasteiger partial charge in [-0.15, -0.1) is 6.58 Å². The molecule has 0 aliphatic carbocycles. The summed E-state index contributed by atoms with van der Waals surface area (Å²) in [4.78, 5) is 0. The molecule has 0 saturated heterocycles. The zero-order valence-corrected chi connectivity index (χ0v) is 9.34. The van der Waals surface area contributed by atoms with Gasteiger partial charge < -0.3 is 10.5 Å². The fourth-order valence-electron chi connectivity index (χ4n) is 1.63. The number of nitrogens with two attached hydrogens (primary N) is 1. The predicted octanol–water partition coefficient (Wildman–Crippen LogP) is 2.34. The second-order valence-corrected chi connectivity index (χ2v) is 4.55. The maximum absolute atomic E-state index is 6.03. The van der Waals surface area contributed by atoms with E-state index in [4.69, 9.17) is 10.5 Å². The molecular formula is C11H23NO. The molecule has 2 heteroatoms. The molecule has 0 spiro atoms. The summed E-state index contributed by atoms with van der Waals surface area (Å²) >= 11 is 0. The normalized spacial score (nSPS) is 16.7. The summed E-state index contributed by atoms with van der Waals surface area (Å²) in [5.41, 5.74) is 6.13. The molecule has 0 bridgehead atoms. The van der Waals surface area contributed by atoms with Gasteiger partial charge in [0.2, 0.25) is 0 Å². The molecule has 0 radical (unpaired) electrons. The molecule has 78 valence electrons. The van der Waals surface area contributed by atoms with Crippen molar-refractivity contribution < 1.29 is 4.74 Å². The Morgan fingerprint density at radius 2 is 2.00 bits per heavy atom. The van der Waals surface area contributed by atoms with Crippen molar-refractivity contribution in [1.82, 2.24) is 0 Å². The Balaban J connectivity index is 4.14. The van der Waals surface area contributed by atoms with Gasteiger partial charge in [-0.25, -0.2) is 0 Å². The molecule has 13 heavy (non-hydrogen) atoms. The first-order valence-corrected chi connectivity index (χ1v) is 4.82. The zero-order valence-electron chi connectivity index (χ0n) is 9.34. The quantitative estimate of drug-likeness (QED) is 0.667. The van der Waals surface area contributed by atoms with Crippen molar-refractivity contribution in [2.75, 3.05) is 7.11 Å². The second kappa shape index (κ2) is 5.40. The van der Waals surface area contributed by atoms with Gasteiger partial charge in [-0.1, -0.05) is 26.8 Å². The van der Waals surface area contributed by atoms with Crippen LogP contribution in [-0.4, -0.2) is 19.3 Å². The van der Waals surface area contributed by atoms with Crippen molar-refractivity contribution in [1.29, 1.82) is 0 Å². The molecular weight excluding hydrogens is 162 g/mol. The van der Waals surface area contributed by atoms with Crippen LogP contribution < -0.4 is 5.73 Å². The van der Waals surface area contributed by atoms with Crippen LogP contribution >= 0.6 is 0 Å². The minimum absolute atomic E-state index is 0.1000. The van der Waals surface area contributed by atoms with Gasteiger partial charge in [-0.3, -0.25) is 0 Å². The topological polar surface area (TPSA) is 35.2 Å². The van der Waals surface area contributed by atoms with Crippen LogP contribution in [0.4, 0.5) is 0 Å². The van der Waals surface area contributed by atoms with Crippen molar-refractivity contribution in [2.24, 2.45) is 11.1 Å². The molecule has 0 aliphatic rings. The van der Waals surface area contributed by atoms with E-state index in [1.54, 1.807) is 7.11 Å². The summed E-state index contributed by atoms with van der Waals surface area (Å²) in [6.07, 6.45) is 3.92. The fraction of sp³-hybridized carbons (Fsp3) is 0.818. The molecule has 0 aromatic heterocycles. The molecule has 0 saturated carbocycles. The fourth-order valence-corrected chi connectivity index (χ4v) is 1.63. The molecule has 0 fully saturated rings. The summed E-state index contributed by atoms with van der Waals surface area (Å²) in [5, 5.41) is 0. The summed E-state index contributed by atoms with van der Waals surface area (Å²) in [6, 6.07) is 0.1000. The Hall–Kier alpha value is -0.340. The molecule has 0 aromatic carbocycles. The second-order valence-electron chi connectivity index (χ2n) is 4.55. The molecule has 0 heterocycles. The van der Waals surface area contributed by atoms with Crippen LogP contribution in [0, 0.1) is 5.41 Å². The molecule has 2 atom stereocenters. The maximum Gasteiger partial charge on any atom is 0.0770 e. The van der Waals surface area contributed by atoms with Crippen LogP contribution in [0.1, 0.15) is 33.6 Å². The van der Waals surface area contributed by atoms with E-state index >= 15 is 0 Å². The van der Waals surface area contributed by atoms with E-state index in [9.17, 15) is 0 Å². The summed E-state index contributed by atoms with van der Waals surface area (Å²) < 4.78 is 5.41. The standard InChI is InChI=1S/C11H23NO/c1-6-7-8-9(12)10(13-5)11(2,3)4/h6,9-10H,1,7-8,12H2,2-5H3. The van der Waals surface area contributed by atoms with Crippen LogP contribution in [0.25, 0.3) is 0 Å². The van der Waals surface area contributed by atoms with Crippen molar-refractivity contribution in [3.8, 4) is 0 Å². The third-order valence-electron chi connectivity index (χ3n) is 2.20. The highest BCUT2D eigenvalue weighted by Gasteiger charge is 2.29. The van der Waals surface area contributed by atoms with E-state index < -0.39 is 0 Å². The van der Waals surface area contributed by atoms with E-state index in [-0.39, 0.29) is 17.6 Å². The van der Waals surface area contributed by atoms with Crippen molar-refractivity contribution >= 4 is 0 Å². The summed E-state index contributed by atoms with van der Waals surface area (Å²) in [6.45, 7) is 10.1. The largest absolute Gasteiger partial charge is 0.379 e. The van der Waals surface area contributed by atoms with Crippen molar-refractivity contribution in [3.63, 3.8) is 0 Å². The lowest BCUT2D eigenvalue weighted by Gasteiger charge is -2.33. The number of hydrogen-bond donors (Lipinski definition) is 1. The number of allylic oxidation sites excluding steroid dienone is 1. The Bertz CT molecular complexity index is 149. The van der Waals surface area contributed by atoms with Gasteiger partial charge in [0, 0.05) is 13.2 Å². The molecule has 2 N–H and O–H groups in total. The lowest BCUT2D eigenvalue weighted by Crippen LogP contribution is -2.44. The Labute approximate surface area is 82.2 Å². The average molecular weight is 185 g/mol. The smallest absolute Gasteiger partial charge is 0.0770 e. The third kappa shape index (κ3) is 4.44. The minimum atomic E-state index is 0.1000. The van der Waals surface area contributed by atoms with E-state index in [0.29, 0.717) is 0 Å². The lowest BCUT2D eigenvalue weighted by molar-refractivity contribution is -0.00334. The van der Waals surface area contributed by atoms with E-state index in [1.807, 2.05) is 6.08 Å². The lowest BCUT2D eigenvalue weighted by atomic mass is 9.83. The van der Waals surface area contributed by atoms with Gasteiger partial charge in [-0.2, -0.15) is 0 Å². The predicted molar refractivity (Wildman–Crippen MR) is 57.7 cm³/mol. The molecule has 0 rings (SSSR count). The number of hydrogen-bond acceptors (Lipinski definition) is 2. The van der Waals surface area contributed by atoms with Gasteiger partial charge in [0.25, 0.3) is 0 Å². The van der Waals surface area contributed by atoms with Crippen molar-refractivity contribution in [3.05, 3.63) is 12.7 Å². The van der Waals surface area contributed by atoms with E-state index in [1.165, 1.54) is 0 Å². The maximum atomic E-state index is 6.03. The van der Waals surface area contributed by atoms with Crippen LogP contribution in [0.5, 0.6) is 0 Å². The molecule has 2 unspecified atom stereocenters. The van der Waals surface area contributed by atoms with E-state index in [0.717, 1.165) is 12.8 Å². The SMILES string of the molecule is C=CCCC(N)C(OC)C(C)(C)C. The van der Waals surface area contributed by atoms with Gasteiger partial charge >= 0.3 is 0 Å². The average Bonchev–Trinajstić information content (AvgIpc) is 1.99. The molecule has 2 nitrogen and oxygen atoms in total. The number of rotatable bonds is 5. The monoisotopic (exact) mass is 185 g/mol. The highest BCUT2D eigenvalue weighted by atomic mass is 16.5. The van der Waals surface area contributed by atoms with Gasteiger partial charge in [-0.05, 0) is 18.3 Å². The Morgan fingerprint density at radius 3 is 2.31 bits per heavy atom. The minimum Gasteiger partial charge on any atom is -0.379 e. The van der Waals surface area contributed by atoms with Crippen LogP contribution in [0.15, 0.2) is 12.7 Å². The van der Waals surface area contributed by atoms with Crippen LogP contribution in [0.2, 0.25) is 0 Å².